The van der Waals surface area contributed by atoms with Crippen LogP contribution in [0.2, 0.25) is 5.28 Å². The molecule has 8 heteroatoms. The second-order valence-electron chi connectivity index (χ2n) is 7.16. The minimum atomic E-state index is -3.59. The van der Waals surface area contributed by atoms with E-state index in [0.717, 1.165) is 6.42 Å². The van der Waals surface area contributed by atoms with Crippen molar-refractivity contribution in [3.63, 3.8) is 0 Å². The molecule has 0 unspecified atom stereocenters. The second kappa shape index (κ2) is 7.04. The first-order valence-electron chi connectivity index (χ1n) is 9.13. The van der Waals surface area contributed by atoms with Crippen LogP contribution in [0.25, 0.3) is 0 Å². The highest BCUT2D eigenvalue weighted by atomic mass is 35.5. The summed E-state index contributed by atoms with van der Waals surface area (Å²) < 4.78 is 31.4. The fraction of sp³-hybridized carbons (Fsp3) is 0.474. The van der Waals surface area contributed by atoms with Gasteiger partial charge in [-0.15, -0.1) is 0 Å². The average Bonchev–Trinajstić information content (AvgIpc) is 2.61. The molecule has 2 aliphatic rings. The standard InChI is InChI=1S/C19H22ClN3O3S/c1-14-13-26-11-10-23(14)17-12-16(21-18(20)22-17)19(8-5-9-19)27(24,25)15-6-3-2-4-7-15/h2-4,6-7,12,14H,5,8-11,13H2,1H3/t14-/m0/s1. The van der Waals surface area contributed by atoms with Gasteiger partial charge in [0, 0.05) is 12.6 Å². The lowest BCUT2D eigenvalue weighted by Crippen LogP contribution is -2.45. The van der Waals surface area contributed by atoms with Gasteiger partial charge in [-0.2, -0.15) is 0 Å². The molecule has 0 amide bonds. The van der Waals surface area contributed by atoms with Crippen molar-refractivity contribution in [1.82, 2.24) is 9.97 Å². The molecule has 2 heterocycles. The molecular weight excluding hydrogens is 386 g/mol. The van der Waals surface area contributed by atoms with Crippen LogP contribution in [-0.4, -0.2) is 44.2 Å². The third kappa shape index (κ3) is 3.11. The van der Waals surface area contributed by atoms with Gasteiger partial charge in [-0.1, -0.05) is 18.2 Å². The minimum absolute atomic E-state index is 0.0794. The molecule has 1 aliphatic heterocycles. The largest absolute Gasteiger partial charge is 0.377 e. The van der Waals surface area contributed by atoms with E-state index in [1.807, 2.05) is 6.07 Å². The Bertz CT molecular complexity index is 932. The van der Waals surface area contributed by atoms with Gasteiger partial charge in [0.2, 0.25) is 5.28 Å². The number of anilines is 1. The van der Waals surface area contributed by atoms with E-state index in [1.165, 1.54) is 0 Å². The lowest BCUT2D eigenvalue weighted by molar-refractivity contribution is 0.0985. The van der Waals surface area contributed by atoms with Gasteiger partial charge < -0.3 is 9.64 Å². The number of benzene rings is 1. The maximum atomic E-state index is 13.5. The molecule has 1 aromatic heterocycles. The number of hydrogen-bond donors (Lipinski definition) is 0. The first-order chi connectivity index (χ1) is 12.9. The Morgan fingerprint density at radius 2 is 1.96 bits per heavy atom. The van der Waals surface area contributed by atoms with Crippen LogP contribution < -0.4 is 4.90 Å². The van der Waals surface area contributed by atoms with Gasteiger partial charge >= 0.3 is 0 Å². The van der Waals surface area contributed by atoms with Crippen molar-refractivity contribution in [2.75, 3.05) is 24.7 Å². The number of hydrogen-bond acceptors (Lipinski definition) is 6. The molecule has 1 saturated carbocycles. The quantitative estimate of drug-likeness (QED) is 0.724. The highest BCUT2D eigenvalue weighted by molar-refractivity contribution is 7.92. The predicted octanol–water partition coefficient (Wildman–Crippen LogP) is 3.21. The first kappa shape index (κ1) is 18.7. The van der Waals surface area contributed by atoms with Crippen molar-refractivity contribution in [1.29, 1.82) is 0 Å². The van der Waals surface area contributed by atoms with Crippen molar-refractivity contribution < 1.29 is 13.2 Å². The number of halogens is 1. The van der Waals surface area contributed by atoms with Crippen LogP contribution in [-0.2, 0) is 19.3 Å². The van der Waals surface area contributed by atoms with Crippen molar-refractivity contribution in [3.05, 3.63) is 47.4 Å². The molecule has 0 radical (unpaired) electrons. The summed E-state index contributed by atoms with van der Waals surface area (Å²) in [5, 5.41) is 0.0794. The van der Waals surface area contributed by atoms with Gasteiger partial charge in [-0.05, 0) is 49.9 Å². The molecule has 2 fully saturated rings. The van der Waals surface area contributed by atoms with Crippen molar-refractivity contribution >= 4 is 27.3 Å². The topological polar surface area (TPSA) is 72.4 Å². The van der Waals surface area contributed by atoms with Crippen LogP contribution in [0.3, 0.4) is 0 Å². The van der Waals surface area contributed by atoms with E-state index in [2.05, 4.69) is 21.8 Å². The Labute approximate surface area is 164 Å². The lowest BCUT2D eigenvalue weighted by atomic mass is 9.81. The average molecular weight is 408 g/mol. The van der Waals surface area contributed by atoms with Crippen LogP contribution in [0.15, 0.2) is 41.3 Å². The van der Waals surface area contributed by atoms with Gasteiger partial charge in [-0.25, -0.2) is 18.4 Å². The Kier molecular flexibility index (Phi) is 4.86. The number of ether oxygens (including phenoxy) is 1. The molecule has 1 atom stereocenters. The van der Waals surface area contributed by atoms with Gasteiger partial charge in [-0.3, -0.25) is 0 Å². The maximum absolute atomic E-state index is 13.5. The molecule has 144 valence electrons. The van der Waals surface area contributed by atoms with Crippen molar-refractivity contribution in [2.24, 2.45) is 0 Å². The number of sulfone groups is 1. The van der Waals surface area contributed by atoms with Crippen LogP contribution in [0.1, 0.15) is 31.9 Å². The van der Waals surface area contributed by atoms with Crippen LogP contribution in [0.5, 0.6) is 0 Å². The molecular formula is C19H22ClN3O3S. The number of morpholine rings is 1. The van der Waals surface area contributed by atoms with Crippen molar-refractivity contribution in [2.45, 2.75) is 41.9 Å². The molecule has 0 spiro atoms. The highest BCUT2D eigenvalue weighted by Crippen LogP contribution is 2.50. The Balaban J connectivity index is 1.79. The van der Waals surface area contributed by atoms with E-state index in [9.17, 15) is 8.42 Å². The zero-order valence-electron chi connectivity index (χ0n) is 15.1. The third-order valence-electron chi connectivity index (χ3n) is 5.54. The van der Waals surface area contributed by atoms with Crippen molar-refractivity contribution in [3.8, 4) is 0 Å². The number of nitrogens with zero attached hydrogens (tertiary/aromatic N) is 3. The molecule has 1 saturated heterocycles. The summed E-state index contributed by atoms with van der Waals surface area (Å²) in [4.78, 5) is 11.1. The minimum Gasteiger partial charge on any atom is -0.377 e. The maximum Gasteiger partial charge on any atom is 0.224 e. The van der Waals surface area contributed by atoms with Gasteiger partial charge in [0.05, 0.1) is 29.8 Å². The predicted molar refractivity (Wildman–Crippen MR) is 104 cm³/mol. The van der Waals surface area contributed by atoms with Gasteiger partial charge in [0.15, 0.2) is 9.84 Å². The Hall–Kier alpha value is -1.70. The molecule has 27 heavy (non-hydrogen) atoms. The van der Waals surface area contributed by atoms with E-state index in [-0.39, 0.29) is 11.3 Å². The number of aromatic nitrogens is 2. The third-order valence-corrected chi connectivity index (χ3v) is 8.25. The summed E-state index contributed by atoms with van der Waals surface area (Å²) in [5.41, 5.74) is 0.492. The summed E-state index contributed by atoms with van der Waals surface area (Å²) in [6.07, 6.45) is 1.92. The zero-order chi connectivity index (χ0) is 19.1. The molecule has 0 N–H and O–H groups in total. The second-order valence-corrected chi connectivity index (χ2v) is 9.76. The number of rotatable bonds is 4. The van der Waals surface area contributed by atoms with E-state index >= 15 is 0 Å². The van der Waals surface area contributed by atoms with Gasteiger partial charge in [0.25, 0.3) is 0 Å². The first-order valence-corrected chi connectivity index (χ1v) is 11.0. The van der Waals surface area contributed by atoms with Gasteiger partial charge in [0.1, 0.15) is 10.6 Å². The van der Waals surface area contributed by atoms with Crippen LogP contribution >= 0.6 is 11.6 Å². The SMILES string of the molecule is C[C@H]1COCCN1c1cc(C2(S(=O)(=O)c3ccccc3)CCC2)nc(Cl)n1. The van der Waals surface area contributed by atoms with Crippen LogP contribution in [0.4, 0.5) is 5.82 Å². The van der Waals surface area contributed by atoms with E-state index in [0.29, 0.717) is 49.0 Å². The summed E-state index contributed by atoms with van der Waals surface area (Å²) in [6.45, 7) is 3.94. The molecule has 1 aliphatic carbocycles. The summed E-state index contributed by atoms with van der Waals surface area (Å²) in [6, 6.07) is 10.5. The summed E-state index contributed by atoms with van der Waals surface area (Å²) >= 11 is 6.23. The van der Waals surface area contributed by atoms with E-state index in [1.54, 1.807) is 30.3 Å². The summed E-state index contributed by atoms with van der Waals surface area (Å²) in [5.74, 6) is 0.662. The monoisotopic (exact) mass is 407 g/mol. The van der Waals surface area contributed by atoms with E-state index < -0.39 is 14.6 Å². The smallest absolute Gasteiger partial charge is 0.224 e. The molecule has 1 aromatic carbocycles. The molecule has 4 rings (SSSR count). The molecule has 6 nitrogen and oxygen atoms in total. The summed E-state index contributed by atoms with van der Waals surface area (Å²) in [7, 11) is -3.59. The Morgan fingerprint density at radius 1 is 1.22 bits per heavy atom. The lowest BCUT2D eigenvalue weighted by Gasteiger charge is -2.41. The fourth-order valence-corrected chi connectivity index (χ4v) is 6.19. The zero-order valence-corrected chi connectivity index (χ0v) is 16.7. The fourth-order valence-electron chi connectivity index (χ4n) is 3.84. The highest BCUT2D eigenvalue weighted by Gasteiger charge is 2.52. The van der Waals surface area contributed by atoms with E-state index in [4.69, 9.17) is 16.3 Å². The Morgan fingerprint density at radius 3 is 2.59 bits per heavy atom. The molecule has 0 bridgehead atoms. The molecule has 2 aromatic rings. The van der Waals surface area contributed by atoms with Crippen LogP contribution in [0, 0.1) is 0 Å². The normalized spacial score (nSPS) is 22.3.